The molecule has 0 aliphatic heterocycles. The predicted molar refractivity (Wildman–Crippen MR) is 38.9 cm³/mol. The molecule has 0 aliphatic rings. The van der Waals surface area contributed by atoms with Gasteiger partial charge in [-0.3, -0.25) is 0 Å². The number of halogens is 1. The zero-order valence-electron chi connectivity index (χ0n) is 4.53. The van der Waals surface area contributed by atoms with Crippen molar-refractivity contribution in [1.82, 2.24) is 0 Å². The minimum atomic E-state index is 0. The maximum Gasteiger partial charge on any atom is -0.0564 e. The molecule has 0 aliphatic carbocycles. The molecule has 2 heteroatoms. The van der Waals surface area contributed by atoms with E-state index in [4.69, 9.17) is 0 Å². The molecule has 6 heavy (non-hydrogen) atoms. The summed E-state index contributed by atoms with van der Waals surface area (Å²) in [5.74, 6) is 0. The Balaban J connectivity index is -0.0000000450. The number of unbranched alkanes of at least 4 members (excludes halogenated alkanes) is 1. The second-order valence-corrected chi connectivity index (χ2v) is 1.000. The molecule has 1 atom stereocenters. The average molecular weight is 129 g/mol. The van der Waals surface area contributed by atoms with Crippen molar-refractivity contribution < 1.29 is 0 Å². The van der Waals surface area contributed by atoms with Crippen LogP contribution < -0.4 is 0 Å². The summed E-state index contributed by atoms with van der Waals surface area (Å²) in [6, 6.07) is 0. The fourth-order valence-electron chi connectivity index (χ4n) is 0. The zero-order valence-corrected chi connectivity index (χ0v) is 6.76. The summed E-state index contributed by atoms with van der Waals surface area (Å²) in [5.41, 5.74) is 0. The van der Waals surface area contributed by atoms with Gasteiger partial charge in [-0.25, -0.2) is 0 Å². The van der Waals surface area contributed by atoms with E-state index >= 15 is 0 Å². The van der Waals surface area contributed by atoms with E-state index in [1.807, 2.05) is 0 Å². The molecule has 0 saturated heterocycles. The van der Waals surface area contributed by atoms with E-state index in [-0.39, 0.29) is 22.3 Å². The molecule has 0 nitrogen and oxygen atoms in total. The molecule has 0 spiro atoms. The van der Waals surface area contributed by atoms with Crippen LogP contribution in [0.1, 0.15) is 26.7 Å². The van der Waals surface area contributed by atoms with Crippen molar-refractivity contribution in [3.63, 3.8) is 0 Å². The summed E-state index contributed by atoms with van der Waals surface area (Å²) in [6.07, 6.45) is 2.64. The van der Waals surface area contributed by atoms with Gasteiger partial charge in [-0.2, -0.15) is 9.90 Å². The Morgan fingerprint density at radius 2 is 1.17 bits per heavy atom. The summed E-state index contributed by atoms with van der Waals surface area (Å²) in [6.45, 7) is 4.36. The van der Waals surface area contributed by atoms with Gasteiger partial charge in [-0.15, -0.1) is 12.4 Å². The highest BCUT2D eigenvalue weighted by atomic mass is 35.5. The quantitative estimate of drug-likeness (QED) is 0.476. The van der Waals surface area contributed by atoms with Crippen molar-refractivity contribution in [3.05, 3.63) is 0 Å². The first kappa shape index (κ1) is 15.9. The molecular weight excluding hydrogens is 114 g/mol. The Hall–Kier alpha value is 0.720. The third kappa shape index (κ3) is 22.1. The van der Waals surface area contributed by atoms with E-state index in [0.29, 0.717) is 0 Å². The van der Waals surface area contributed by atoms with Crippen molar-refractivity contribution in [3.8, 4) is 0 Å². The van der Waals surface area contributed by atoms with Crippen LogP contribution in [0.5, 0.6) is 0 Å². The summed E-state index contributed by atoms with van der Waals surface area (Å²) in [5, 5.41) is 0. The van der Waals surface area contributed by atoms with Crippen molar-refractivity contribution >= 4 is 22.3 Å². The minimum Gasteiger partial charge on any atom is -0.153 e. The van der Waals surface area contributed by atoms with Crippen LogP contribution in [0.3, 0.4) is 0 Å². The molecule has 0 saturated carbocycles. The van der Waals surface area contributed by atoms with E-state index < -0.39 is 0 Å². The maximum atomic E-state index is 2.18. The first-order valence-electron chi connectivity index (χ1n) is 1.91. The molecule has 0 aromatic heterocycles. The first-order chi connectivity index (χ1) is 1.91. The van der Waals surface area contributed by atoms with Crippen LogP contribution in [0.4, 0.5) is 0 Å². The molecule has 0 aromatic carbocycles. The van der Waals surface area contributed by atoms with Gasteiger partial charge in [0.1, 0.15) is 0 Å². The molecule has 0 bridgehead atoms. The Bertz CT molecular complexity index is 9.51. The van der Waals surface area contributed by atoms with Gasteiger partial charge in [-0.05, 0) is 0 Å². The molecular formula is C4H14ClP. The molecule has 0 amide bonds. The minimum absolute atomic E-state index is 0. The molecule has 0 aromatic rings. The van der Waals surface area contributed by atoms with Gasteiger partial charge in [-0.1, -0.05) is 26.7 Å². The summed E-state index contributed by atoms with van der Waals surface area (Å²) < 4.78 is 0. The van der Waals surface area contributed by atoms with Crippen LogP contribution in [0.15, 0.2) is 0 Å². The van der Waals surface area contributed by atoms with E-state index in [9.17, 15) is 0 Å². The third-order valence-electron chi connectivity index (χ3n) is 0.500. The normalized spacial score (nSPS) is 5.00. The number of hydrogen-bond acceptors (Lipinski definition) is 0. The van der Waals surface area contributed by atoms with Crippen molar-refractivity contribution in [1.29, 1.82) is 0 Å². The van der Waals surface area contributed by atoms with Crippen LogP contribution >= 0.6 is 22.3 Å². The van der Waals surface area contributed by atoms with E-state index in [0.717, 1.165) is 0 Å². The maximum absolute atomic E-state index is 2.18. The highest BCUT2D eigenvalue weighted by Crippen LogP contribution is 1.76. The molecule has 42 valence electrons. The molecule has 0 radical (unpaired) electrons. The van der Waals surface area contributed by atoms with Gasteiger partial charge < -0.3 is 0 Å². The Morgan fingerprint density at radius 3 is 1.17 bits per heavy atom. The van der Waals surface area contributed by atoms with Crippen molar-refractivity contribution in [2.75, 3.05) is 0 Å². The van der Waals surface area contributed by atoms with Crippen LogP contribution in [0.2, 0.25) is 0 Å². The van der Waals surface area contributed by atoms with Crippen LogP contribution in [0, 0.1) is 0 Å². The summed E-state index contributed by atoms with van der Waals surface area (Å²) >= 11 is 0. The topological polar surface area (TPSA) is 0 Å². The lowest BCUT2D eigenvalue weighted by Gasteiger charge is -1.68. The lowest BCUT2D eigenvalue weighted by Crippen LogP contribution is -1.47. The molecule has 0 heterocycles. The predicted octanol–water partition coefficient (Wildman–Crippen LogP) is 2.29. The molecule has 1 unspecified atom stereocenters. The van der Waals surface area contributed by atoms with Gasteiger partial charge in [0.25, 0.3) is 0 Å². The van der Waals surface area contributed by atoms with E-state index in [1.165, 1.54) is 12.8 Å². The van der Waals surface area contributed by atoms with Gasteiger partial charge in [0, 0.05) is 0 Å². The third-order valence-corrected chi connectivity index (χ3v) is 0.500. The summed E-state index contributed by atoms with van der Waals surface area (Å²) in [4.78, 5) is 0. The second kappa shape index (κ2) is 17.2. The SMILES string of the molecule is CCCC.Cl.P. The van der Waals surface area contributed by atoms with Gasteiger partial charge in [0.15, 0.2) is 0 Å². The van der Waals surface area contributed by atoms with Crippen molar-refractivity contribution in [2.24, 2.45) is 0 Å². The highest BCUT2D eigenvalue weighted by molar-refractivity contribution is 6.92. The van der Waals surface area contributed by atoms with Crippen LogP contribution in [-0.2, 0) is 0 Å². The lowest BCUT2D eigenvalue weighted by molar-refractivity contribution is 0.886. The van der Waals surface area contributed by atoms with Crippen LogP contribution in [-0.4, -0.2) is 0 Å². The highest BCUT2D eigenvalue weighted by Gasteiger charge is 1.56. The van der Waals surface area contributed by atoms with Crippen molar-refractivity contribution in [2.45, 2.75) is 26.7 Å². The van der Waals surface area contributed by atoms with Gasteiger partial charge >= 0.3 is 0 Å². The van der Waals surface area contributed by atoms with E-state index in [2.05, 4.69) is 13.8 Å². The molecule has 0 N–H and O–H groups in total. The van der Waals surface area contributed by atoms with Gasteiger partial charge in [0.05, 0.1) is 0 Å². The van der Waals surface area contributed by atoms with E-state index in [1.54, 1.807) is 0 Å². The lowest BCUT2D eigenvalue weighted by atomic mass is 10.4. The van der Waals surface area contributed by atoms with Crippen LogP contribution in [0.25, 0.3) is 0 Å². The fraction of sp³-hybridized carbons (Fsp3) is 1.00. The Morgan fingerprint density at radius 1 is 1.00 bits per heavy atom. The summed E-state index contributed by atoms with van der Waals surface area (Å²) in [7, 11) is 0. The monoisotopic (exact) mass is 128 g/mol. The number of hydrogen-bond donors (Lipinski definition) is 0. The molecule has 0 fully saturated rings. The fourth-order valence-corrected chi connectivity index (χ4v) is 0. The Kier molecular flexibility index (Phi) is 45.6. The average Bonchev–Trinajstić information content (AvgIpc) is 1.37. The smallest absolute Gasteiger partial charge is 0.0564 e. The first-order valence-corrected chi connectivity index (χ1v) is 1.91. The zero-order chi connectivity index (χ0) is 3.41. The Labute approximate surface area is 49.7 Å². The molecule has 0 rings (SSSR count). The number of rotatable bonds is 1. The second-order valence-electron chi connectivity index (χ2n) is 1.000. The standard InChI is InChI=1S/C4H10.ClH.H3P/c1-3-4-2;;/h3-4H2,1-2H3;1H;1H3. The largest absolute Gasteiger partial charge is 0.153 e. The van der Waals surface area contributed by atoms with Gasteiger partial charge in [0.2, 0.25) is 0 Å².